The van der Waals surface area contributed by atoms with E-state index in [1.165, 1.54) is 0 Å². The molecule has 0 spiro atoms. The normalized spacial score (nSPS) is 15.3. The van der Waals surface area contributed by atoms with Crippen LogP contribution in [0.3, 0.4) is 0 Å². The zero-order valence-electron chi connectivity index (χ0n) is 11.0. The Labute approximate surface area is 132 Å². The Bertz CT molecular complexity index is 659. The molecule has 0 amide bonds. The van der Waals surface area contributed by atoms with Gasteiger partial charge in [-0.2, -0.15) is 0 Å². The number of rotatable bonds is 3. The molecule has 3 nitrogen and oxygen atoms in total. The van der Waals surface area contributed by atoms with Gasteiger partial charge in [-0.15, -0.1) is 0 Å². The van der Waals surface area contributed by atoms with Crippen LogP contribution < -0.4 is 0 Å². The fraction of sp³-hybridized carbons (Fsp3) is 0.188. The van der Waals surface area contributed by atoms with Gasteiger partial charge in [0.25, 0.3) is 0 Å². The van der Waals surface area contributed by atoms with Gasteiger partial charge in [0.2, 0.25) is 0 Å². The first-order chi connectivity index (χ1) is 10.1. The lowest BCUT2D eigenvalue weighted by atomic mass is 10.0. The molecule has 1 aliphatic heterocycles. The summed E-state index contributed by atoms with van der Waals surface area (Å²) in [5.41, 5.74) is 1.83. The fourth-order valence-electron chi connectivity index (χ4n) is 2.23. The van der Waals surface area contributed by atoms with Crippen LogP contribution in [-0.2, 0) is 9.47 Å². The Morgan fingerprint density at radius 2 is 1.62 bits per heavy atom. The molecule has 0 bridgehead atoms. The molecule has 2 aromatic rings. The van der Waals surface area contributed by atoms with Crippen molar-refractivity contribution in [2.75, 3.05) is 13.2 Å². The van der Waals surface area contributed by atoms with Crippen LogP contribution >= 0.6 is 23.2 Å². The van der Waals surface area contributed by atoms with Crippen molar-refractivity contribution in [1.82, 2.24) is 0 Å². The van der Waals surface area contributed by atoms with E-state index in [1.54, 1.807) is 36.4 Å². The second-order valence-electron chi connectivity index (χ2n) is 4.69. The van der Waals surface area contributed by atoms with E-state index in [0.29, 0.717) is 34.4 Å². The van der Waals surface area contributed by atoms with E-state index in [1.807, 2.05) is 6.07 Å². The van der Waals surface area contributed by atoms with Crippen LogP contribution in [0.2, 0.25) is 10.0 Å². The summed E-state index contributed by atoms with van der Waals surface area (Å²) in [5, 5.41) is 0.869. The van der Waals surface area contributed by atoms with Gasteiger partial charge in [0.15, 0.2) is 12.1 Å². The summed E-state index contributed by atoms with van der Waals surface area (Å²) >= 11 is 11.9. The van der Waals surface area contributed by atoms with Crippen molar-refractivity contribution in [3.05, 3.63) is 69.2 Å². The average Bonchev–Trinajstić information content (AvgIpc) is 3.00. The summed E-state index contributed by atoms with van der Waals surface area (Å²) in [5.74, 6) is -0.140. The smallest absolute Gasteiger partial charge is 0.193 e. The lowest BCUT2D eigenvalue weighted by Gasteiger charge is -2.10. The third kappa shape index (κ3) is 3.27. The van der Waals surface area contributed by atoms with Crippen LogP contribution in [0.15, 0.2) is 42.5 Å². The van der Waals surface area contributed by atoms with Gasteiger partial charge in [0.1, 0.15) is 0 Å². The molecule has 1 aliphatic rings. The molecule has 0 aliphatic carbocycles. The van der Waals surface area contributed by atoms with Gasteiger partial charge < -0.3 is 9.47 Å². The SMILES string of the molecule is O=C(c1cc(Cl)cc(Cl)c1)c1cccc(C2OCCO2)c1. The predicted molar refractivity (Wildman–Crippen MR) is 81.0 cm³/mol. The summed E-state index contributed by atoms with van der Waals surface area (Å²) in [7, 11) is 0. The predicted octanol–water partition coefficient (Wildman–Crippen LogP) is 4.27. The van der Waals surface area contributed by atoms with E-state index in [0.717, 1.165) is 5.56 Å². The average molecular weight is 323 g/mol. The highest BCUT2D eigenvalue weighted by Gasteiger charge is 2.20. The third-order valence-electron chi connectivity index (χ3n) is 3.17. The van der Waals surface area contributed by atoms with Crippen molar-refractivity contribution in [1.29, 1.82) is 0 Å². The van der Waals surface area contributed by atoms with Gasteiger partial charge >= 0.3 is 0 Å². The molecule has 5 heteroatoms. The maximum Gasteiger partial charge on any atom is 0.193 e. The molecule has 0 saturated carbocycles. The van der Waals surface area contributed by atoms with Gasteiger partial charge in [-0.3, -0.25) is 4.79 Å². The van der Waals surface area contributed by atoms with Crippen molar-refractivity contribution in [2.45, 2.75) is 6.29 Å². The van der Waals surface area contributed by atoms with Gasteiger partial charge in [0, 0.05) is 26.7 Å². The molecule has 3 rings (SSSR count). The first-order valence-corrected chi connectivity index (χ1v) is 7.23. The van der Waals surface area contributed by atoms with Crippen LogP contribution in [0.1, 0.15) is 27.8 Å². The van der Waals surface area contributed by atoms with Gasteiger partial charge in [-0.25, -0.2) is 0 Å². The van der Waals surface area contributed by atoms with E-state index < -0.39 is 6.29 Å². The molecular formula is C16H12Cl2O3. The number of ether oxygens (including phenoxy) is 2. The number of carbonyl (C=O) groups excluding carboxylic acids is 1. The number of benzene rings is 2. The van der Waals surface area contributed by atoms with Crippen molar-refractivity contribution < 1.29 is 14.3 Å². The van der Waals surface area contributed by atoms with Crippen molar-refractivity contribution in [3.63, 3.8) is 0 Å². The second kappa shape index (κ2) is 6.16. The number of halogens is 2. The summed E-state index contributed by atoms with van der Waals surface area (Å²) in [6.07, 6.45) is -0.402. The quantitative estimate of drug-likeness (QED) is 0.791. The highest BCUT2D eigenvalue weighted by molar-refractivity contribution is 6.35. The number of carbonyl (C=O) groups is 1. The maximum atomic E-state index is 12.5. The topological polar surface area (TPSA) is 35.5 Å². The van der Waals surface area contributed by atoms with Crippen LogP contribution in [0, 0.1) is 0 Å². The molecule has 0 atom stereocenters. The Morgan fingerprint density at radius 3 is 2.29 bits per heavy atom. The molecule has 0 radical (unpaired) electrons. The van der Waals surface area contributed by atoms with E-state index in [9.17, 15) is 4.79 Å². The van der Waals surface area contributed by atoms with E-state index in [2.05, 4.69) is 0 Å². The summed E-state index contributed by atoms with van der Waals surface area (Å²) in [6, 6.07) is 12.0. The second-order valence-corrected chi connectivity index (χ2v) is 5.56. The zero-order chi connectivity index (χ0) is 14.8. The number of hydrogen-bond donors (Lipinski definition) is 0. The Morgan fingerprint density at radius 1 is 0.952 bits per heavy atom. The maximum absolute atomic E-state index is 12.5. The Hall–Kier alpha value is -1.39. The van der Waals surface area contributed by atoms with Crippen molar-refractivity contribution in [3.8, 4) is 0 Å². The van der Waals surface area contributed by atoms with E-state index >= 15 is 0 Å². The Balaban J connectivity index is 1.92. The largest absolute Gasteiger partial charge is 0.346 e. The highest BCUT2D eigenvalue weighted by atomic mass is 35.5. The van der Waals surface area contributed by atoms with E-state index in [4.69, 9.17) is 32.7 Å². The minimum Gasteiger partial charge on any atom is -0.346 e. The minimum atomic E-state index is -0.402. The molecule has 2 aromatic carbocycles. The minimum absolute atomic E-state index is 0.140. The molecule has 1 saturated heterocycles. The first-order valence-electron chi connectivity index (χ1n) is 6.47. The molecule has 1 fully saturated rings. The third-order valence-corrected chi connectivity index (χ3v) is 3.60. The molecule has 21 heavy (non-hydrogen) atoms. The van der Waals surface area contributed by atoms with Crippen LogP contribution in [0.5, 0.6) is 0 Å². The Kier molecular flexibility index (Phi) is 4.27. The first kappa shape index (κ1) is 14.5. The molecule has 0 aromatic heterocycles. The van der Waals surface area contributed by atoms with Gasteiger partial charge in [-0.1, -0.05) is 41.4 Å². The monoisotopic (exact) mass is 322 g/mol. The van der Waals surface area contributed by atoms with Crippen LogP contribution in [0.25, 0.3) is 0 Å². The standard InChI is InChI=1S/C16H12Cl2O3/c17-13-7-12(8-14(18)9-13)15(19)10-2-1-3-11(6-10)16-20-4-5-21-16/h1-3,6-9,16H,4-5H2. The fourth-order valence-corrected chi connectivity index (χ4v) is 2.76. The zero-order valence-corrected chi connectivity index (χ0v) is 12.5. The molecular weight excluding hydrogens is 311 g/mol. The molecule has 1 heterocycles. The highest BCUT2D eigenvalue weighted by Crippen LogP contribution is 2.26. The number of hydrogen-bond acceptors (Lipinski definition) is 3. The van der Waals surface area contributed by atoms with Crippen LogP contribution in [0.4, 0.5) is 0 Å². The lowest BCUT2D eigenvalue weighted by molar-refractivity contribution is -0.0441. The van der Waals surface area contributed by atoms with Crippen LogP contribution in [-0.4, -0.2) is 19.0 Å². The molecule has 108 valence electrons. The molecule has 0 unspecified atom stereocenters. The lowest BCUT2D eigenvalue weighted by Crippen LogP contribution is -2.04. The van der Waals surface area contributed by atoms with Crippen molar-refractivity contribution >= 4 is 29.0 Å². The van der Waals surface area contributed by atoms with Gasteiger partial charge in [-0.05, 0) is 24.3 Å². The van der Waals surface area contributed by atoms with E-state index in [-0.39, 0.29) is 5.78 Å². The summed E-state index contributed by atoms with van der Waals surface area (Å²) in [4.78, 5) is 12.5. The summed E-state index contributed by atoms with van der Waals surface area (Å²) < 4.78 is 10.9. The summed E-state index contributed by atoms with van der Waals surface area (Å²) in [6.45, 7) is 1.12. The molecule has 0 N–H and O–H groups in total. The number of ketones is 1. The van der Waals surface area contributed by atoms with Crippen molar-refractivity contribution in [2.24, 2.45) is 0 Å². The van der Waals surface area contributed by atoms with Gasteiger partial charge in [0.05, 0.1) is 13.2 Å².